The molecule has 0 radical (unpaired) electrons. The van der Waals surface area contributed by atoms with E-state index in [-0.39, 0.29) is 11.7 Å². The summed E-state index contributed by atoms with van der Waals surface area (Å²) in [5.41, 5.74) is 1.63. The summed E-state index contributed by atoms with van der Waals surface area (Å²) < 4.78 is 42.6. The standard InChI is InChI=1S/C24H22F3NO3/c1-23(2,30)18-10-12-19(13-11-18)28-22(29)17-7-5-6-16(14-17)20-8-3-4-9-21(20)31-15-24(25,26)27/h3-14,30H,15H2,1-2H3,(H,28,29). The molecule has 2 N–H and O–H groups in total. The second-order valence-corrected chi connectivity index (χ2v) is 7.57. The number of amides is 1. The third-order valence-electron chi connectivity index (χ3n) is 4.56. The van der Waals surface area contributed by atoms with Crippen molar-refractivity contribution in [3.63, 3.8) is 0 Å². The SMILES string of the molecule is CC(C)(O)c1ccc(NC(=O)c2cccc(-c3ccccc3OCC(F)(F)F)c2)cc1. The van der Waals surface area contributed by atoms with E-state index in [0.717, 1.165) is 0 Å². The molecule has 0 spiro atoms. The highest BCUT2D eigenvalue weighted by atomic mass is 19.4. The number of ether oxygens (including phenoxy) is 1. The van der Waals surface area contributed by atoms with E-state index < -0.39 is 18.4 Å². The average Bonchev–Trinajstić information content (AvgIpc) is 2.72. The van der Waals surface area contributed by atoms with Crippen molar-refractivity contribution in [3.8, 4) is 16.9 Å². The minimum absolute atomic E-state index is 0.0830. The highest BCUT2D eigenvalue weighted by Gasteiger charge is 2.29. The van der Waals surface area contributed by atoms with Crippen molar-refractivity contribution in [2.75, 3.05) is 11.9 Å². The predicted molar refractivity (Wildman–Crippen MR) is 113 cm³/mol. The fraction of sp³-hybridized carbons (Fsp3) is 0.208. The normalized spacial score (nSPS) is 11.8. The summed E-state index contributed by atoms with van der Waals surface area (Å²) in [6.45, 7) is 1.94. The molecule has 0 saturated carbocycles. The van der Waals surface area contributed by atoms with Gasteiger partial charge in [0.15, 0.2) is 6.61 Å². The Labute approximate surface area is 178 Å². The van der Waals surface area contributed by atoms with Gasteiger partial charge in [0, 0.05) is 16.8 Å². The maximum absolute atomic E-state index is 12.7. The lowest BCUT2D eigenvalue weighted by atomic mass is 9.98. The third kappa shape index (κ3) is 6.08. The second kappa shape index (κ2) is 8.81. The van der Waals surface area contributed by atoms with Crippen LogP contribution >= 0.6 is 0 Å². The van der Waals surface area contributed by atoms with Crippen LogP contribution in [0, 0.1) is 0 Å². The Morgan fingerprint density at radius 2 is 1.65 bits per heavy atom. The smallest absolute Gasteiger partial charge is 0.422 e. The maximum atomic E-state index is 12.7. The Morgan fingerprint density at radius 1 is 0.968 bits per heavy atom. The molecule has 0 aliphatic heterocycles. The molecule has 1 amide bonds. The molecule has 4 nitrogen and oxygen atoms in total. The Balaban J connectivity index is 1.80. The maximum Gasteiger partial charge on any atom is 0.422 e. The zero-order chi connectivity index (χ0) is 22.6. The van der Waals surface area contributed by atoms with Crippen LogP contribution in [0.25, 0.3) is 11.1 Å². The fourth-order valence-electron chi connectivity index (χ4n) is 2.98. The molecule has 7 heteroatoms. The summed E-state index contributed by atoms with van der Waals surface area (Å²) in [6, 6.07) is 19.8. The van der Waals surface area contributed by atoms with E-state index in [1.165, 1.54) is 6.07 Å². The Kier molecular flexibility index (Phi) is 6.36. The van der Waals surface area contributed by atoms with E-state index >= 15 is 0 Å². The van der Waals surface area contributed by atoms with Gasteiger partial charge in [0.2, 0.25) is 0 Å². The van der Waals surface area contributed by atoms with Crippen LogP contribution in [0.2, 0.25) is 0 Å². The van der Waals surface area contributed by atoms with Crippen molar-refractivity contribution in [1.29, 1.82) is 0 Å². The summed E-state index contributed by atoms with van der Waals surface area (Å²) in [5, 5.41) is 12.8. The lowest BCUT2D eigenvalue weighted by Gasteiger charge is -2.18. The molecule has 3 aromatic rings. The van der Waals surface area contributed by atoms with Gasteiger partial charge in [0.05, 0.1) is 5.60 Å². The first-order valence-corrected chi connectivity index (χ1v) is 9.56. The quantitative estimate of drug-likeness (QED) is 0.523. The zero-order valence-corrected chi connectivity index (χ0v) is 17.0. The van der Waals surface area contributed by atoms with Crippen LogP contribution in [-0.4, -0.2) is 23.8 Å². The summed E-state index contributed by atoms with van der Waals surface area (Å²) in [6.07, 6.45) is -4.45. The van der Waals surface area contributed by atoms with E-state index in [4.69, 9.17) is 4.74 Å². The Hall–Kier alpha value is -3.32. The zero-order valence-electron chi connectivity index (χ0n) is 17.0. The first-order valence-electron chi connectivity index (χ1n) is 9.56. The van der Waals surface area contributed by atoms with E-state index in [1.54, 1.807) is 80.6 Å². The number of alkyl halides is 3. The number of rotatable bonds is 6. The fourth-order valence-corrected chi connectivity index (χ4v) is 2.98. The summed E-state index contributed by atoms with van der Waals surface area (Å²) >= 11 is 0. The number of anilines is 1. The van der Waals surface area contributed by atoms with Gasteiger partial charge in [-0.3, -0.25) is 4.79 Å². The summed E-state index contributed by atoms with van der Waals surface area (Å²) in [4.78, 5) is 12.7. The van der Waals surface area contributed by atoms with Crippen LogP contribution < -0.4 is 10.1 Å². The van der Waals surface area contributed by atoms with E-state index in [9.17, 15) is 23.1 Å². The van der Waals surface area contributed by atoms with E-state index in [0.29, 0.717) is 27.9 Å². The van der Waals surface area contributed by atoms with Crippen molar-refractivity contribution >= 4 is 11.6 Å². The van der Waals surface area contributed by atoms with Crippen LogP contribution in [0.4, 0.5) is 18.9 Å². The molecular formula is C24H22F3NO3. The highest BCUT2D eigenvalue weighted by molar-refractivity contribution is 6.05. The largest absolute Gasteiger partial charge is 0.483 e. The lowest BCUT2D eigenvalue weighted by molar-refractivity contribution is -0.153. The van der Waals surface area contributed by atoms with Gasteiger partial charge in [-0.05, 0) is 55.3 Å². The van der Waals surface area contributed by atoms with E-state index in [1.807, 2.05) is 0 Å². The van der Waals surface area contributed by atoms with Crippen molar-refractivity contribution in [1.82, 2.24) is 0 Å². The van der Waals surface area contributed by atoms with Gasteiger partial charge in [0.25, 0.3) is 5.91 Å². The van der Waals surface area contributed by atoms with Crippen LogP contribution in [-0.2, 0) is 5.60 Å². The lowest BCUT2D eigenvalue weighted by Crippen LogP contribution is -2.19. The number of nitrogens with one attached hydrogen (secondary N) is 1. The van der Waals surface area contributed by atoms with Crippen molar-refractivity contribution in [3.05, 3.63) is 83.9 Å². The molecule has 0 fully saturated rings. The van der Waals surface area contributed by atoms with Crippen molar-refractivity contribution < 1.29 is 27.8 Å². The molecule has 0 atom stereocenters. The molecule has 0 unspecified atom stereocenters. The molecule has 0 aromatic heterocycles. The Morgan fingerprint density at radius 3 is 2.29 bits per heavy atom. The molecule has 0 bridgehead atoms. The van der Waals surface area contributed by atoms with Gasteiger partial charge >= 0.3 is 6.18 Å². The number of halogens is 3. The first kappa shape index (κ1) is 22.4. The van der Waals surface area contributed by atoms with Gasteiger partial charge in [-0.1, -0.05) is 42.5 Å². The molecule has 0 saturated heterocycles. The minimum atomic E-state index is -4.45. The van der Waals surface area contributed by atoms with Gasteiger partial charge in [0.1, 0.15) is 5.75 Å². The van der Waals surface area contributed by atoms with Crippen LogP contribution in [0.15, 0.2) is 72.8 Å². The highest BCUT2D eigenvalue weighted by Crippen LogP contribution is 2.32. The van der Waals surface area contributed by atoms with Crippen LogP contribution in [0.3, 0.4) is 0 Å². The summed E-state index contributed by atoms with van der Waals surface area (Å²) in [5.74, 6) is -0.286. The number of para-hydroxylation sites is 1. The van der Waals surface area contributed by atoms with E-state index in [2.05, 4.69) is 5.32 Å². The number of aliphatic hydroxyl groups is 1. The average molecular weight is 429 g/mol. The molecule has 0 aliphatic carbocycles. The van der Waals surface area contributed by atoms with Crippen molar-refractivity contribution in [2.45, 2.75) is 25.6 Å². The minimum Gasteiger partial charge on any atom is -0.483 e. The second-order valence-electron chi connectivity index (χ2n) is 7.57. The number of benzene rings is 3. The van der Waals surface area contributed by atoms with Crippen molar-refractivity contribution in [2.24, 2.45) is 0 Å². The number of hydrogen-bond donors (Lipinski definition) is 2. The molecular weight excluding hydrogens is 407 g/mol. The predicted octanol–water partition coefficient (Wildman–Crippen LogP) is 5.77. The monoisotopic (exact) mass is 429 g/mol. The number of carbonyl (C=O) groups is 1. The molecule has 162 valence electrons. The molecule has 0 aliphatic rings. The van der Waals surface area contributed by atoms with Gasteiger partial charge in [-0.2, -0.15) is 13.2 Å². The van der Waals surface area contributed by atoms with Gasteiger partial charge in [-0.15, -0.1) is 0 Å². The molecule has 3 aromatic carbocycles. The van der Waals surface area contributed by atoms with Crippen LogP contribution in [0.5, 0.6) is 5.75 Å². The summed E-state index contributed by atoms with van der Waals surface area (Å²) in [7, 11) is 0. The molecule has 31 heavy (non-hydrogen) atoms. The van der Waals surface area contributed by atoms with Gasteiger partial charge < -0.3 is 15.2 Å². The third-order valence-corrected chi connectivity index (χ3v) is 4.56. The molecule has 0 heterocycles. The van der Waals surface area contributed by atoms with Gasteiger partial charge in [-0.25, -0.2) is 0 Å². The number of carbonyl (C=O) groups excluding carboxylic acids is 1. The Bertz CT molecular complexity index is 1050. The first-order chi connectivity index (χ1) is 14.5. The van der Waals surface area contributed by atoms with Crippen LogP contribution in [0.1, 0.15) is 29.8 Å². The molecule has 3 rings (SSSR count). The topological polar surface area (TPSA) is 58.6 Å². The number of hydrogen-bond acceptors (Lipinski definition) is 3.